The maximum absolute atomic E-state index is 13.1. The summed E-state index contributed by atoms with van der Waals surface area (Å²) in [6, 6.07) is 14.7. The Morgan fingerprint density at radius 3 is 2.74 bits per heavy atom. The van der Waals surface area contributed by atoms with Gasteiger partial charge in [0.1, 0.15) is 24.8 Å². The molecule has 0 aromatic heterocycles. The molecule has 4 N–H and O–H groups in total. The molecule has 0 saturated carbocycles. The van der Waals surface area contributed by atoms with Crippen molar-refractivity contribution in [1.29, 1.82) is 0 Å². The van der Waals surface area contributed by atoms with Crippen molar-refractivity contribution in [2.75, 3.05) is 49.4 Å². The number of ether oxygens (including phenoxy) is 2. The molecule has 3 amide bonds. The Bertz CT molecular complexity index is 1030. The molecule has 2 heterocycles. The maximum atomic E-state index is 13.1. The monoisotopic (exact) mass is 466 g/mol. The van der Waals surface area contributed by atoms with Crippen molar-refractivity contribution >= 4 is 29.0 Å². The van der Waals surface area contributed by atoms with Crippen molar-refractivity contribution in [2.24, 2.45) is 0 Å². The fourth-order valence-corrected chi connectivity index (χ4v) is 4.06. The number of likely N-dealkylation sites (N-methyl/N-ethyl adjacent to an activating group) is 1. The molecule has 2 saturated heterocycles. The standard InChI is InChI=1S/C24H30N6O4/c1-4-21(31)26-17-6-5-7-18(14-17)30-22-20(29(2)24(30)32)15-25-23(28-22)27-16-8-10-19(11-9-16)34-13-12-33-3/h4-11,14,20,22-23,25,27-28H,1,12-13,15H2,2-3H3,(H,26,31). The lowest BCUT2D eigenvalue weighted by Gasteiger charge is -2.38. The van der Waals surface area contributed by atoms with Gasteiger partial charge in [-0.25, -0.2) is 4.79 Å². The van der Waals surface area contributed by atoms with Crippen LogP contribution >= 0.6 is 0 Å². The van der Waals surface area contributed by atoms with Crippen LogP contribution in [-0.4, -0.2) is 69.3 Å². The summed E-state index contributed by atoms with van der Waals surface area (Å²) in [7, 11) is 3.43. The third-order valence-electron chi connectivity index (χ3n) is 5.82. The number of anilines is 3. The normalized spacial score (nSPS) is 21.7. The van der Waals surface area contributed by atoms with E-state index >= 15 is 0 Å². The molecule has 10 heteroatoms. The molecule has 2 aliphatic rings. The summed E-state index contributed by atoms with van der Waals surface area (Å²) in [6.07, 6.45) is 0.686. The fourth-order valence-electron chi connectivity index (χ4n) is 4.06. The largest absolute Gasteiger partial charge is 0.491 e. The van der Waals surface area contributed by atoms with E-state index in [0.29, 0.717) is 31.1 Å². The molecule has 34 heavy (non-hydrogen) atoms. The Hall–Kier alpha value is -3.60. The zero-order valence-electron chi connectivity index (χ0n) is 19.3. The fraction of sp³-hybridized carbons (Fsp3) is 0.333. The van der Waals surface area contributed by atoms with Crippen molar-refractivity contribution in [3.8, 4) is 5.75 Å². The number of rotatable bonds is 9. The van der Waals surface area contributed by atoms with E-state index in [1.807, 2.05) is 36.4 Å². The highest BCUT2D eigenvalue weighted by molar-refractivity contribution is 6.00. The molecule has 2 aliphatic heterocycles. The van der Waals surface area contributed by atoms with E-state index in [1.54, 1.807) is 36.1 Å². The van der Waals surface area contributed by atoms with E-state index in [-0.39, 0.29) is 30.4 Å². The number of nitrogens with zero attached hydrogens (tertiary/aromatic N) is 2. The Morgan fingerprint density at radius 2 is 2.00 bits per heavy atom. The van der Waals surface area contributed by atoms with Crippen LogP contribution in [0.4, 0.5) is 21.9 Å². The summed E-state index contributed by atoms with van der Waals surface area (Å²) in [6.45, 7) is 5.12. The smallest absolute Gasteiger partial charge is 0.326 e. The van der Waals surface area contributed by atoms with Gasteiger partial charge in [0.15, 0.2) is 0 Å². The van der Waals surface area contributed by atoms with Gasteiger partial charge >= 0.3 is 6.03 Å². The number of amides is 3. The Morgan fingerprint density at radius 1 is 1.21 bits per heavy atom. The van der Waals surface area contributed by atoms with Crippen LogP contribution in [0.1, 0.15) is 0 Å². The molecule has 180 valence electrons. The van der Waals surface area contributed by atoms with Crippen molar-refractivity contribution in [3.63, 3.8) is 0 Å². The summed E-state index contributed by atoms with van der Waals surface area (Å²) < 4.78 is 10.6. The number of urea groups is 1. The Kier molecular flexibility index (Phi) is 7.31. The number of hydrogen-bond donors (Lipinski definition) is 4. The first-order valence-electron chi connectivity index (χ1n) is 11.1. The second kappa shape index (κ2) is 10.6. The molecule has 0 aliphatic carbocycles. The zero-order chi connectivity index (χ0) is 24.1. The summed E-state index contributed by atoms with van der Waals surface area (Å²) in [5.41, 5.74) is 2.19. The Labute approximate surface area is 198 Å². The third-order valence-corrected chi connectivity index (χ3v) is 5.82. The maximum Gasteiger partial charge on any atom is 0.326 e. The number of hydrogen-bond acceptors (Lipinski definition) is 7. The molecule has 2 aromatic carbocycles. The van der Waals surface area contributed by atoms with E-state index in [2.05, 4.69) is 27.8 Å². The summed E-state index contributed by atoms with van der Waals surface area (Å²) in [5.74, 6) is 0.462. The van der Waals surface area contributed by atoms with Crippen LogP contribution in [0.15, 0.2) is 61.2 Å². The molecule has 0 bridgehead atoms. The number of carbonyl (C=O) groups excluding carboxylic acids is 2. The van der Waals surface area contributed by atoms with Gasteiger partial charge in [-0.3, -0.25) is 20.3 Å². The first kappa shape index (κ1) is 23.6. The Balaban J connectivity index is 1.45. The summed E-state index contributed by atoms with van der Waals surface area (Å²) in [4.78, 5) is 28.3. The lowest BCUT2D eigenvalue weighted by Crippen LogP contribution is -2.66. The van der Waals surface area contributed by atoms with Gasteiger partial charge in [-0.05, 0) is 48.5 Å². The van der Waals surface area contributed by atoms with Crippen molar-refractivity contribution in [3.05, 3.63) is 61.2 Å². The second-order valence-electron chi connectivity index (χ2n) is 8.04. The summed E-state index contributed by atoms with van der Waals surface area (Å²) >= 11 is 0. The minimum Gasteiger partial charge on any atom is -0.491 e. The van der Waals surface area contributed by atoms with E-state index in [1.165, 1.54) is 6.08 Å². The predicted octanol–water partition coefficient (Wildman–Crippen LogP) is 1.99. The quantitative estimate of drug-likeness (QED) is 0.331. The highest BCUT2D eigenvalue weighted by atomic mass is 16.5. The molecule has 4 rings (SSSR count). The topological polar surface area (TPSA) is 107 Å². The van der Waals surface area contributed by atoms with Crippen LogP contribution in [0, 0.1) is 0 Å². The number of carbonyl (C=O) groups is 2. The zero-order valence-corrected chi connectivity index (χ0v) is 19.3. The van der Waals surface area contributed by atoms with Crippen molar-refractivity contribution in [1.82, 2.24) is 15.5 Å². The molecule has 3 atom stereocenters. The number of fused-ring (bicyclic) bond motifs is 1. The molecule has 10 nitrogen and oxygen atoms in total. The lowest BCUT2D eigenvalue weighted by molar-refractivity contribution is -0.111. The third kappa shape index (κ3) is 5.14. The van der Waals surface area contributed by atoms with Crippen LogP contribution in [0.5, 0.6) is 5.75 Å². The SMILES string of the molecule is C=CC(=O)Nc1cccc(N2C(=O)N(C)C3CNC(Nc4ccc(OCCOC)cc4)NC32)c1. The highest BCUT2D eigenvalue weighted by Gasteiger charge is 2.47. The molecule has 3 unspecified atom stereocenters. The lowest BCUT2D eigenvalue weighted by atomic mass is 10.1. The number of nitrogens with one attached hydrogen (secondary N) is 4. The van der Waals surface area contributed by atoms with Gasteiger partial charge in [0, 0.05) is 37.8 Å². The second-order valence-corrected chi connectivity index (χ2v) is 8.04. The van der Waals surface area contributed by atoms with Crippen LogP contribution in [0.2, 0.25) is 0 Å². The van der Waals surface area contributed by atoms with Gasteiger partial charge in [-0.15, -0.1) is 0 Å². The first-order chi connectivity index (χ1) is 16.5. The van der Waals surface area contributed by atoms with Crippen LogP contribution in [-0.2, 0) is 9.53 Å². The highest BCUT2D eigenvalue weighted by Crippen LogP contribution is 2.30. The van der Waals surface area contributed by atoms with Gasteiger partial charge in [-0.2, -0.15) is 0 Å². The average molecular weight is 467 g/mol. The molecule has 2 fully saturated rings. The van der Waals surface area contributed by atoms with E-state index in [4.69, 9.17) is 9.47 Å². The van der Waals surface area contributed by atoms with Crippen molar-refractivity contribution < 1.29 is 19.1 Å². The van der Waals surface area contributed by atoms with Crippen LogP contribution < -0.4 is 30.9 Å². The molecular formula is C24H30N6O4. The number of benzene rings is 2. The van der Waals surface area contributed by atoms with E-state index in [0.717, 1.165) is 11.4 Å². The molecule has 0 radical (unpaired) electrons. The minimum atomic E-state index is -0.306. The van der Waals surface area contributed by atoms with Crippen LogP contribution in [0.3, 0.4) is 0 Å². The summed E-state index contributed by atoms with van der Waals surface area (Å²) in [5, 5.41) is 13.0. The molecule has 0 spiro atoms. The first-order valence-corrected chi connectivity index (χ1v) is 11.1. The minimum absolute atomic E-state index is 0.0615. The molecular weight excluding hydrogens is 436 g/mol. The van der Waals surface area contributed by atoms with Gasteiger partial charge in [-0.1, -0.05) is 12.6 Å². The van der Waals surface area contributed by atoms with Crippen molar-refractivity contribution in [2.45, 2.75) is 18.5 Å². The van der Waals surface area contributed by atoms with E-state index in [9.17, 15) is 9.59 Å². The van der Waals surface area contributed by atoms with Gasteiger partial charge in [0.25, 0.3) is 0 Å². The molecule has 2 aromatic rings. The number of methoxy groups -OCH3 is 1. The predicted molar refractivity (Wildman–Crippen MR) is 131 cm³/mol. The van der Waals surface area contributed by atoms with Gasteiger partial charge < -0.3 is 25.0 Å². The van der Waals surface area contributed by atoms with E-state index < -0.39 is 0 Å². The van der Waals surface area contributed by atoms with Gasteiger partial charge in [0.05, 0.1) is 12.6 Å². The average Bonchev–Trinajstić information content (AvgIpc) is 3.09. The van der Waals surface area contributed by atoms with Crippen LogP contribution in [0.25, 0.3) is 0 Å². The van der Waals surface area contributed by atoms with Gasteiger partial charge in [0.2, 0.25) is 5.91 Å².